The van der Waals surface area contributed by atoms with E-state index in [0.717, 1.165) is 16.9 Å². The van der Waals surface area contributed by atoms with Crippen molar-refractivity contribution in [2.45, 2.75) is 26.3 Å². The summed E-state index contributed by atoms with van der Waals surface area (Å²) >= 11 is 5.94. The number of hydrogen-bond acceptors (Lipinski definition) is 3. The summed E-state index contributed by atoms with van der Waals surface area (Å²) in [5, 5.41) is 8.09. The maximum absolute atomic E-state index is 11.3. The molecule has 1 heterocycles. The molecule has 1 aromatic carbocycles. The van der Waals surface area contributed by atoms with Crippen molar-refractivity contribution in [1.29, 1.82) is 0 Å². The molecule has 2 aromatic rings. The standard InChI is InChI=1S/C15H19ClN4O/c1-9(2)14-10(8-20(3)19-14)7-18-11-4-5-13(16)12(6-11)15(17)21/h4-6,8-9,18H,7H2,1-3H3,(H2,17,21). The molecular formula is C15H19ClN4O. The minimum atomic E-state index is -0.534. The third kappa shape index (κ3) is 3.55. The Balaban J connectivity index is 2.17. The van der Waals surface area contributed by atoms with Crippen LogP contribution in [0, 0.1) is 0 Å². The molecular weight excluding hydrogens is 288 g/mol. The van der Waals surface area contributed by atoms with E-state index < -0.39 is 5.91 Å². The zero-order valence-electron chi connectivity index (χ0n) is 12.4. The van der Waals surface area contributed by atoms with Crippen LogP contribution in [-0.4, -0.2) is 15.7 Å². The van der Waals surface area contributed by atoms with Gasteiger partial charge in [0.2, 0.25) is 5.91 Å². The van der Waals surface area contributed by atoms with E-state index in [0.29, 0.717) is 23.0 Å². The fourth-order valence-corrected chi connectivity index (χ4v) is 2.41. The number of hydrogen-bond donors (Lipinski definition) is 2. The van der Waals surface area contributed by atoms with Gasteiger partial charge < -0.3 is 11.1 Å². The summed E-state index contributed by atoms with van der Waals surface area (Å²) in [5.41, 5.74) is 8.60. The van der Waals surface area contributed by atoms with Crippen LogP contribution in [0.1, 0.15) is 41.4 Å². The van der Waals surface area contributed by atoms with Gasteiger partial charge in [-0.1, -0.05) is 25.4 Å². The molecule has 6 heteroatoms. The van der Waals surface area contributed by atoms with Gasteiger partial charge in [0.25, 0.3) is 0 Å². The number of nitrogens with one attached hydrogen (secondary N) is 1. The molecule has 0 fully saturated rings. The first-order valence-corrected chi connectivity index (χ1v) is 7.12. The summed E-state index contributed by atoms with van der Waals surface area (Å²) < 4.78 is 1.81. The summed E-state index contributed by atoms with van der Waals surface area (Å²) in [4.78, 5) is 11.3. The molecule has 0 atom stereocenters. The number of nitrogens with zero attached hydrogens (tertiary/aromatic N) is 2. The van der Waals surface area contributed by atoms with Crippen LogP contribution in [0.2, 0.25) is 5.02 Å². The molecule has 0 saturated heterocycles. The van der Waals surface area contributed by atoms with Crippen LogP contribution in [0.15, 0.2) is 24.4 Å². The molecule has 5 nitrogen and oxygen atoms in total. The average molecular weight is 307 g/mol. The molecule has 1 amide bonds. The molecule has 0 radical (unpaired) electrons. The molecule has 0 bridgehead atoms. The molecule has 2 rings (SSSR count). The number of halogens is 1. The van der Waals surface area contributed by atoms with E-state index in [4.69, 9.17) is 17.3 Å². The lowest BCUT2D eigenvalue weighted by Crippen LogP contribution is -2.12. The summed E-state index contributed by atoms with van der Waals surface area (Å²) in [6.07, 6.45) is 1.99. The van der Waals surface area contributed by atoms with Gasteiger partial charge in [0, 0.05) is 31.0 Å². The molecule has 0 aliphatic heterocycles. The number of carbonyl (C=O) groups is 1. The number of aryl methyl sites for hydroxylation is 1. The lowest BCUT2D eigenvalue weighted by molar-refractivity contribution is 0.100. The highest BCUT2D eigenvalue weighted by Crippen LogP contribution is 2.22. The van der Waals surface area contributed by atoms with Gasteiger partial charge in [0.1, 0.15) is 0 Å². The second-order valence-corrected chi connectivity index (χ2v) is 5.69. The largest absolute Gasteiger partial charge is 0.381 e. The molecule has 112 valence electrons. The Morgan fingerprint density at radius 3 is 2.81 bits per heavy atom. The SMILES string of the molecule is CC(C)c1nn(C)cc1CNc1ccc(Cl)c(C(N)=O)c1. The summed E-state index contributed by atoms with van der Waals surface area (Å²) in [5.74, 6) is -0.178. The van der Waals surface area contributed by atoms with Gasteiger partial charge in [-0.15, -0.1) is 0 Å². The van der Waals surface area contributed by atoms with E-state index in [1.807, 2.05) is 24.0 Å². The third-order valence-electron chi connectivity index (χ3n) is 3.20. The highest BCUT2D eigenvalue weighted by molar-refractivity contribution is 6.33. The number of carbonyl (C=O) groups excluding carboxylic acids is 1. The number of nitrogens with two attached hydrogens (primary N) is 1. The fraction of sp³-hybridized carbons (Fsp3) is 0.333. The van der Waals surface area contributed by atoms with E-state index in [1.54, 1.807) is 12.1 Å². The number of benzene rings is 1. The first kappa shape index (κ1) is 15.4. The number of primary amides is 1. The van der Waals surface area contributed by atoms with Gasteiger partial charge in [-0.2, -0.15) is 5.10 Å². The Labute approximate surface area is 129 Å². The fourth-order valence-electron chi connectivity index (χ4n) is 2.20. The zero-order valence-corrected chi connectivity index (χ0v) is 13.1. The number of amides is 1. The van der Waals surface area contributed by atoms with Gasteiger partial charge in [0.15, 0.2) is 0 Å². The molecule has 3 N–H and O–H groups in total. The van der Waals surface area contributed by atoms with Gasteiger partial charge in [-0.25, -0.2) is 0 Å². The van der Waals surface area contributed by atoms with Crippen LogP contribution < -0.4 is 11.1 Å². The molecule has 0 aliphatic rings. The summed E-state index contributed by atoms with van der Waals surface area (Å²) in [7, 11) is 1.91. The molecule has 1 aromatic heterocycles. The van der Waals surface area contributed by atoms with Crippen molar-refractivity contribution in [1.82, 2.24) is 9.78 Å². The van der Waals surface area contributed by atoms with Gasteiger partial charge >= 0.3 is 0 Å². The highest BCUT2D eigenvalue weighted by Gasteiger charge is 2.12. The summed E-state index contributed by atoms with van der Waals surface area (Å²) in [6.45, 7) is 4.85. The number of aromatic nitrogens is 2. The van der Waals surface area contributed by atoms with Crippen molar-refractivity contribution >= 4 is 23.2 Å². The van der Waals surface area contributed by atoms with Crippen LogP contribution in [0.5, 0.6) is 0 Å². The van der Waals surface area contributed by atoms with Crippen molar-refractivity contribution in [3.8, 4) is 0 Å². The van der Waals surface area contributed by atoms with Crippen LogP contribution in [0.3, 0.4) is 0 Å². The van der Waals surface area contributed by atoms with Crippen molar-refractivity contribution < 1.29 is 4.79 Å². The van der Waals surface area contributed by atoms with Gasteiger partial charge in [-0.05, 0) is 24.1 Å². The summed E-state index contributed by atoms with van der Waals surface area (Å²) in [6, 6.07) is 5.15. The predicted octanol–water partition coefficient (Wildman–Crippen LogP) is 2.91. The topological polar surface area (TPSA) is 72.9 Å². The van der Waals surface area contributed by atoms with Crippen molar-refractivity contribution in [3.63, 3.8) is 0 Å². The number of anilines is 1. The smallest absolute Gasteiger partial charge is 0.250 e. The zero-order chi connectivity index (χ0) is 15.6. The van der Waals surface area contributed by atoms with Crippen molar-refractivity contribution in [3.05, 3.63) is 46.2 Å². The molecule has 0 spiro atoms. The second kappa shape index (κ2) is 6.18. The minimum Gasteiger partial charge on any atom is -0.381 e. The quantitative estimate of drug-likeness (QED) is 0.892. The average Bonchev–Trinajstić information content (AvgIpc) is 2.79. The van der Waals surface area contributed by atoms with Crippen molar-refractivity contribution in [2.75, 3.05) is 5.32 Å². The van der Waals surface area contributed by atoms with Gasteiger partial charge in [0.05, 0.1) is 16.3 Å². The highest BCUT2D eigenvalue weighted by atomic mass is 35.5. The van der Waals surface area contributed by atoms with Crippen molar-refractivity contribution in [2.24, 2.45) is 12.8 Å². The lowest BCUT2D eigenvalue weighted by atomic mass is 10.1. The van der Waals surface area contributed by atoms with Gasteiger partial charge in [-0.3, -0.25) is 9.48 Å². The Morgan fingerprint density at radius 2 is 2.19 bits per heavy atom. The molecule has 0 saturated carbocycles. The third-order valence-corrected chi connectivity index (χ3v) is 3.53. The predicted molar refractivity (Wildman–Crippen MR) is 84.6 cm³/mol. The van der Waals surface area contributed by atoms with Crippen LogP contribution in [-0.2, 0) is 13.6 Å². The van der Waals surface area contributed by atoms with E-state index in [1.165, 1.54) is 0 Å². The molecule has 21 heavy (non-hydrogen) atoms. The Morgan fingerprint density at radius 1 is 1.48 bits per heavy atom. The molecule has 0 aliphatic carbocycles. The minimum absolute atomic E-state index is 0.317. The molecule has 0 unspecified atom stereocenters. The van der Waals surface area contributed by atoms with E-state index >= 15 is 0 Å². The lowest BCUT2D eigenvalue weighted by Gasteiger charge is -2.09. The van der Waals surface area contributed by atoms with E-state index in [-0.39, 0.29) is 0 Å². The van der Waals surface area contributed by atoms with E-state index in [2.05, 4.69) is 24.3 Å². The second-order valence-electron chi connectivity index (χ2n) is 5.28. The maximum Gasteiger partial charge on any atom is 0.250 e. The Kier molecular flexibility index (Phi) is 4.53. The number of rotatable bonds is 5. The van der Waals surface area contributed by atoms with E-state index in [9.17, 15) is 4.79 Å². The Hall–Kier alpha value is -2.01. The van der Waals surface area contributed by atoms with Crippen LogP contribution in [0.25, 0.3) is 0 Å². The van der Waals surface area contributed by atoms with Crippen LogP contribution in [0.4, 0.5) is 5.69 Å². The first-order chi connectivity index (χ1) is 9.88. The van der Waals surface area contributed by atoms with Crippen LogP contribution >= 0.6 is 11.6 Å². The normalized spacial score (nSPS) is 10.9. The maximum atomic E-state index is 11.3. The first-order valence-electron chi connectivity index (χ1n) is 6.74. The Bertz CT molecular complexity index is 664. The monoisotopic (exact) mass is 306 g/mol.